The van der Waals surface area contributed by atoms with Crippen LogP contribution in [0.15, 0.2) is 4.52 Å². The highest BCUT2D eigenvalue weighted by molar-refractivity contribution is 5.72. The molecule has 21 heavy (non-hydrogen) atoms. The first-order valence-corrected chi connectivity index (χ1v) is 7.65. The Morgan fingerprint density at radius 1 is 1.33 bits per heavy atom. The third-order valence-electron chi connectivity index (χ3n) is 4.15. The molecule has 0 radical (unpaired) electrons. The van der Waals surface area contributed by atoms with Gasteiger partial charge in [-0.3, -0.25) is 4.79 Å². The predicted octanol–water partition coefficient (Wildman–Crippen LogP) is 2.40. The van der Waals surface area contributed by atoms with Crippen molar-refractivity contribution in [1.29, 1.82) is 0 Å². The Morgan fingerprint density at radius 2 is 2.00 bits per heavy atom. The lowest BCUT2D eigenvalue weighted by atomic mass is 9.85. The normalized spacial score (nSPS) is 24.0. The summed E-state index contributed by atoms with van der Waals surface area (Å²) in [6, 6.07) is 0.441. The molecule has 2 rings (SSSR count). The summed E-state index contributed by atoms with van der Waals surface area (Å²) in [5, 5.41) is 7.49. The highest BCUT2D eigenvalue weighted by atomic mass is 16.5. The van der Waals surface area contributed by atoms with E-state index in [1.807, 2.05) is 6.92 Å². The van der Waals surface area contributed by atoms with E-state index in [1.54, 1.807) is 0 Å². The Morgan fingerprint density at radius 3 is 2.48 bits per heavy atom. The molecule has 1 saturated carbocycles. The minimum atomic E-state index is -0.0821. The van der Waals surface area contributed by atoms with Crippen molar-refractivity contribution in [3.63, 3.8) is 0 Å². The number of aryl methyl sites for hydroxylation is 1. The van der Waals surface area contributed by atoms with Crippen molar-refractivity contribution in [2.45, 2.75) is 58.5 Å². The van der Waals surface area contributed by atoms with Crippen LogP contribution in [-0.2, 0) is 9.53 Å². The first-order chi connectivity index (χ1) is 10.0. The molecule has 1 aromatic rings. The molecular weight excluding hydrogens is 270 g/mol. The van der Waals surface area contributed by atoms with Gasteiger partial charge in [-0.1, -0.05) is 19.0 Å². The molecule has 1 aliphatic rings. The lowest BCUT2D eigenvalue weighted by Gasteiger charge is -2.31. The van der Waals surface area contributed by atoms with Crippen LogP contribution < -0.4 is 5.32 Å². The van der Waals surface area contributed by atoms with E-state index in [0.29, 0.717) is 23.7 Å². The molecule has 0 aliphatic heterocycles. The molecule has 0 bridgehead atoms. The highest BCUT2D eigenvalue weighted by Gasteiger charge is 2.30. The van der Waals surface area contributed by atoms with Crippen LogP contribution in [-0.4, -0.2) is 29.3 Å². The van der Waals surface area contributed by atoms with Crippen molar-refractivity contribution < 1.29 is 14.1 Å². The average Bonchev–Trinajstić information content (AvgIpc) is 2.90. The number of nitrogens with zero attached hydrogens (tertiary/aromatic N) is 2. The largest absolute Gasteiger partial charge is 0.469 e. The zero-order valence-corrected chi connectivity index (χ0v) is 13.3. The van der Waals surface area contributed by atoms with E-state index in [9.17, 15) is 4.79 Å². The van der Waals surface area contributed by atoms with Crippen molar-refractivity contribution in [3.8, 4) is 0 Å². The van der Waals surface area contributed by atoms with Crippen LogP contribution in [0, 0.1) is 18.8 Å². The summed E-state index contributed by atoms with van der Waals surface area (Å²) in [4.78, 5) is 15.9. The van der Waals surface area contributed by atoms with Crippen LogP contribution in [0.25, 0.3) is 0 Å². The highest BCUT2D eigenvalue weighted by Crippen LogP contribution is 2.28. The number of ether oxygens (including phenoxy) is 1. The molecule has 0 aromatic carbocycles. The Hall–Kier alpha value is -1.43. The number of hydrogen-bond donors (Lipinski definition) is 1. The van der Waals surface area contributed by atoms with E-state index in [4.69, 9.17) is 9.26 Å². The van der Waals surface area contributed by atoms with Crippen LogP contribution in [0.2, 0.25) is 0 Å². The lowest BCUT2D eigenvalue weighted by molar-refractivity contribution is -0.146. The van der Waals surface area contributed by atoms with Crippen LogP contribution >= 0.6 is 0 Å². The fourth-order valence-electron chi connectivity index (χ4n) is 2.90. The Labute approximate surface area is 125 Å². The molecule has 0 saturated heterocycles. The van der Waals surface area contributed by atoms with Crippen molar-refractivity contribution in [2.24, 2.45) is 11.8 Å². The van der Waals surface area contributed by atoms with Gasteiger partial charge in [0, 0.05) is 6.04 Å². The number of rotatable bonds is 5. The SMILES string of the molecule is COC(=O)C1CCC(N[C@H](c2nc(C)no2)C(C)C)CC1. The van der Waals surface area contributed by atoms with Gasteiger partial charge in [0.05, 0.1) is 19.1 Å². The van der Waals surface area contributed by atoms with Crippen LogP contribution in [0.1, 0.15) is 57.3 Å². The standard InChI is InChI=1S/C15H25N3O3/c1-9(2)13(14-16-10(3)18-21-14)17-12-7-5-11(6-8-12)15(19)20-4/h9,11-13,17H,5-8H2,1-4H3/t11?,12?,13-/m0/s1. The van der Waals surface area contributed by atoms with Gasteiger partial charge in [0.15, 0.2) is 5.82 Å². The van der Waals surface area contributed by atoms with Gasteiger partial charge in [-0.05, 0) is 38.5 Å². The molecule has 0 amide bonds. The second-order valence-electron chi connectivity index (χ2n) is 6.14. The van der Waals surface area contributed by atoms with E-state index in [1.165, 1.54) is 7.11 Å². The monoisotopic (exact) mass is 295 g/mol. The maximum absolute atomic E-state index is 11.6. The summed E-state index contributed by atoms with van der Waals surface area (Å²) >= 11 is 0. The Bertz CT molecular complexity index is 464. The molecule has 118 valence electrons. The lowest BCUT2D eigenvalue weighted by Crippen LogP contribution is -2.39. The summed E-state index contributed by atoms with van der Waals surface area (Å²) in [6.07, 6.45) is 3.68. The third kappa shape index (κ3) is 4.03. The van der Waals surface area contributed by atoms with Gasteiger partial charge in [0.1, 0.15) is 0 Å². The number of hydrogen-bond acceptors (Lipinski definition) is 6. The third-order valence-corrected chi connectivity index (χ3v) is 4.15. The number of carbonyl (C=O) groups is 1. The summed E-state index contributed by atoms with van der Waals surface area (Å²) < 4.78 is 10.1. The zero-order chi connectivity index (χ0) is 15.4. The second-order valence-corrected chi connectivity index (χ2v) is 6.14. The summed E-state index contributed by atoms with van der Waals surface area (Å²) in [7, 11) is 1.46. The van der Waals surface area contributed by atoms with Crippen molar-refractivity contribution in [1.82, 2.24) is 15.5 Å². The van der Waals surface area contributed by atoms with Gasteiger partial charge in [-0.2, -0.15) is 4.98 Å². The van der Waals surface area contributed by atoms with E-state index in [-0.39, 0.29) is 17.9 Å². The molecule has 6 nitrogen and oxygen atoms in total. The molecule has 1 aromatic heterocycles. The number of carbonyl (C=O) groups excluding carboxylic acids is 1. The summed E-state index contributed by atoms with van der Waals surface area (Å²) in [5.74, 6) is 1.64. The molecule has 1 heterocycles. The van der Waals surface area contributed by atoms with Crippen molar-refractivity contribution >= 4 is 5.97 Å². The van der Waals surface area contributed by atoms with Gasteiger partial charge in [0.25, 0.3) is 0 Å². The van der Waals surface area contributed by atoms with Gasteiger partial charge >= 0.3 is 5.97 Å². The van der Waals surface area contributed by atoms with Crippen molar-refractivity contribution in [3.05, 3.63) is 11.7 Å². The summed E-state index contributed by atoms with van der Waals surface area (Å²) in [6.45, 7) is 6.10. The van der Waals surface area contributed by atoms with Gasteiger partial charge in [0.2, 0.25) is 5.89 Å². The first-order valence-electron chi connectivity index (χ1n) is 7.65. The number of nitrogens with one attached hydrogen (secondary N) is 1. The zero-order valence-electron chi connectivity index (χ0n) is 13.3. The number of esters is 1. The fourth-order valence-corrected chi connectivity index (χ4v) is 2.90. The molecule has 1 aliphatic carbocycles. The quantitative estimate of drug-likeness (QED) is 0.840. The smallest absolute Gasteiger partial charge is 0.308 e. The van der Waals surface area contributed by atoms with Gasteiger partial charge < -0.3 is 14.6 Å². The Balaban J connectivity index is 1.92. The molecule has 1 atom stereocenters. The number of methoxy groups -OCH3 is 1. The molecule has 1 fully saturated rings. The maximum atomic E-state index is 11.6. The van der Waals surface area contributed by atoms with E-state index in [2.05, 4.69) is 29.3 Å². The van der Waals surface area contributed by atoms with Gasteiger partial charge in [-0.15, -0.1) is 0 Å². The van der Waals surface area contributed by atoms with Crippen molar-refractivity contribution in [2.75, 3.05) is 7.11 Å². The minimum absolute atomic E-state index is 0.0520. The predicted molar refractivity (Wildman–Crippen MR) is 77.5 cm³/mol. The first kappa shape index (κ1) is 15.9. The van der Waals surface area contributed by atoms with E-state index >= 15 is 0 Å². The fraction of sp³-hybridized carbons (Fsp3) is 0.800. The van der Waals surface area contributed by atoms with E-state index in [0.717, 1.165) is 25.7 Å². The molecule has 0 spiro atoms. The molecule has 6 heteroatoms. The van der Waals surface area contributed by atoms with E-state index < -0.39 is 0 Å². The molecule has 1 N–H and O–H groups in total. The second kappa shape index (κ2) is 7.02. The maximum Gasteiger partial charge on any atom is 0.308 e. The number of aromatic nitrogens is 2. The van der Waals surface area contributed by atoms with Crippen LogP contribution in [0.3, 0.4) is 0 Å². The van der Waals surface area contributed by atoms with Gasteiger partial charge in [-0.25, -0.2) is 0 Å². The average molecular weight is 295 g/mol. The Kier molecular flexibility index (Phi) is 5.33. The van der Waals surface area contributed by atoms with Crippen LogP contribution in [0.5, 0.6) is 0 Å². The molecular formula is C15H25N3O3. The van der Waals surface area contributed by atoms with Crippen LogP contribution in [0.4, 0.5) is 0 Å². The minimum Gasteiger partial charge on any atom is -0.469 e. The molecule has 0 unspecified atom stereocenters. The summed E-state index contributed by atoms with van der Waals surface area (Å²) in [5.41, 5.74) is 0. The topological polar surface area (TPSA) is 77.2 Å².